The van der Waals surface area contributed by atoms with Crippen LogP contribution in [0.5, 0.6) is 0 Å². The first kappa shape index (κ1) is 11.5. The third-order valence-corrected chi connectivity index (χ3v) is 3.82. The molecular weight excluding hydrogens is 178 g/mol. The van der Waals surface area contributed by atoms with Crippen LogP contribution in [0.1, 0.15) is 39.5 Å². The van der Waals surface area contributed by atoms with E-state index in [1.54, 1.807) is 0 Å². The van der Waals surface area contributed by atoms with E-state index >= 15 is 0 Å². The lowest BCUT2D eigenvalue weighted by Gasteiger charge is -2.39. The maximum absolute atomic E-state index is 11.3. The smallest absolute Gasteiger partial charge is 0.309 e. The van der Waals surface area contributed by atoms with Gasteiger partial charge < -0.3 is 10.4 Å². The molecule has 1 saturated carbocycles. The van der Waals surface area contributed by atoms with E-state index in [9.17, 15) is 9.90 Å². The Morgan fingerprint density at radius 2 is 1.93 bits per heavy atom. The minimum Gasteiger partial charge on any atom is -0.481 e. The van der Waals surface area contributed by atoms with Gasteiger partial charge in [0.2, 0.25) is 0 Å². The van der Waals surface area contributed by atoms with Crippen LogP contribution in [0.4, 0.5) is 0 Å². The maximum atomic E-state index is 11.3. The molecule has 0 radical (unpaired) electrons. The number of carbonyl (C=O) groups is 1. The molecule has 0 atom stereocenters. The Kier molecular flexibility index (Phi) is 3.53. The van der Waals surface area contributed by atoms with Gasteiger partial charge in [-0.25, -0.2) is 0 Å². The number of aliphatic carboxylic acids is 1. The molecule has 3 nitrogen and oxygen atoms in total. The van der Waals surface area contributed by atoms with Crippen molar-refractivity contribution < 1.29 is 9.90 Å². The maximum Gasteiger partial charge on any atom is 0.309 e. The van der Waals surface area contributed by atoms with Crippen LogP contribution in [0.25, 0.3) is 0 Å². The van der Waals surface area contributed by atoms with Crippen LogP contribution in [0, 0.1) is 11.3 Å². The summed E-state index contributed by atoms with van der Waals surface area (Å²) in [7, 11) is 1.95. The zero-order valence-electron chi connectivity index (χ0n) is 9.34. The lowest BCUT2D eigenvalue weighted by Crippen LogP contribution is -2.43. The topological polar surface area (TPSA) is 49.3 Å². The molecule has 0 saturated heterocycles. The molecule has 14 heavy (non-hydrogen) atoms. The zero-order valence-corrected chi connectivity index (χ0v) is 9.34. The lowest BCUT2D eigenvalue weighted by atomic mass is 9.66. The van der Waals surface area contributed by atoms with Crippen LogP contribution in [0.15, 0.2) is 0 Å². The molecule has 0 aromatic rings. The SMILES string of the molecule is CNC1CCC(C(=O)O)(C(C)C)CC1. The molecule has 0 heterocycles. The monoisotopic (exact) mass is 199 g/mol. The summed E-state index contributed by atoms with van der Waals surface area (Å²) in [6.07, 6.45) is 3.60. The minimum atomic E-state index is -0.609. The summed E-state index contributed by atoms with van der Waals surface area (Å²) in [5.41, 5.74) is -0.465. The van der Waals surface area contributed by atoms with Crippen molar-refractivity contribution in [2.24, 2.45) is 11.3 Å². The van der Waals surface area contributed by atoms with Gasteiger partial charge in [-0.15, -0.1) is 0 Å². The predicted molar refractivity (Wildman–Crippen MR) is 56.2 cm³/mol. The van der Waals surface area contributed by atoms with Gasteiger partial charge in [-0.05, 0) is 38.6 Å². The van der Waals surface area contributed by atoms with Crippen molar-refractivity contribution in [2.45, 2.75) is 45.6 Å². The Morgan fingerprint density at radius 1 is 1.43 bits per heavy atom. The van der Waals surface area contributed by atoms with E-state index in [-0.39, 0.29) is 5.92 Å². The van der Waals surface area contributed by atoms with Crippen molar-refractivity contribution in [1.29, 1.82) is 0 Å². The van der Waals surface area contributed by atoms with E-state index in [0.29, 0.717) is 6.04 Å². The molecular formula is C11H21NO2. The highest BCUT2D eigenvalue weighted by atomic mass is 16.4. The van der Waals surface area contributed by atoms with E-state index in [2.05, 4.69) is 5.32 Å². The summed E-state index contributed by atoms with van der Waals surface area (Å²) in [6, 6.07) is 0.515. The fourth-order valence-corrected chi connectivity index (χ4v) is 2.46. The standard InChI is InChI=1S/C11H21NO2/c1-8(2)11(10(13)14)6-4-9(12-3)5-7-11/h8-9,12H,4-7H2,1-3H3,(H,13,14). The molecule has 0 bridgehead atoms. The third-order valence-electron chi connectivity index (χ3n) is 3.82. The quantitative estimate of drug-likeness (QED) is 0.729. The Balaban J connectivity index is 2.70. The molecule has 1 aliphatic rings. The predicted octanol–water partition coefficient (Wildman–Crippen LogP) is 1.88. The fourth-order valence-electron chi connectivity index (χ4n) is 2.46. The van der Waals surface area contributed by atoms with Crippen molar-refractivity contribution in [3.63, 3.8) is 0 Å². The molecule has 0 aromatic carbocycles. The first-order valence-corrected chi connectivity index (χ1v) is 5.43. The highest BCUT2D eigenvalue weighted by Crippen LogP contribution is 2.42. The fraction of sp³-hybridized carbons (Fsp3) is 0.909. The Morgan fingerprint density at radius 3 is 2.21 bits per heavy atom. The normalized spacial score (nSPS) is 33.3. The average molecular weight is 199 g/mol. The lowest BCUT2D eigenvalue weighted by molar-refractivity contribution is -0.154. The minimum absolute atomic E-state index is 0.234. The Bertz CT molecular complexity index is 205. The number of carboxylic acid groups (broad SMARTS) is 1. The summed E-state index contributed by atoms with van der Waals surface area (Å²) < 4.78 is 0. The van der Waals surface area contributed by atoms with Gasteiger partial charge in [0.05, 0.1) is 5.41 Å². The number of hydrogen-bond donors (Lipinski definition) is 2. The van der Waals surface area contributed by atoms with Gasteiger partial charge in [0, 0.05) is 6.04 Å². The van der Waals surface area contributed by atoms with Gasteiger partial charge in [-0.2, -0.15) is 0 Å². The Hall–Kier alpha value is -0.570. The number of carboxylic acids is 1. The largest absolute Gasteiger partial charge is 0.481 e. The molecule has 1 rings (SSSR count). The Labute approximate surface area is 85.9 Å². The summed E-state index contributed by atoms with van der Waals surface area (Å²) in [6.45, 7) is 4.04. The van der Waals surface area contributed by atoms with Crippen LogP contribution < -0.4 is 5.32 Å². The average Bonchev–Trinajstić information content (AvgIpc) is 2.17. The van der Waals surface area contributed by atoms with Crippen LogP contribution in [-0.4, -0.2) is 24.2 Å². The van der Waals surface area contributed by atoms with Crippen LogP contribution in [0.3, 0.4) is 0 Å². The number of nitrogens with one attached hydrogen (secondary N) is 1. The summed E-state index contributed by atoms with van der Waals surface area (Å²) in [5, 5.41) is 12.5. The summed E-state index contributed by atoms with van der Waals surface area (Å²) in [5.74, 6) is -0.375. The van der Waals surface area contributed by atoms with Crippen LogP contribution >= 0.6 is 0 Å². The number of rotatable bonds is 3. The van der Waals surface area contributed by atoms with E-state index in [1.165, 1.54) is 0 Å². The molecule has 1 aliphatic carbocycles. The number of hydrogen-bond acceptors (Lipinski definition) is 2. The van der Waals surface area contributed by atoms with Gasteiger partial charge in [-0.3, -0.25) is 4.79 Å². The molecule has 0 aliphatic heterocycles. The second kappa shape index (κ2) is 4.30. The van der Waals surface area contributed by atoms with Gasteiger partial charge in [0.15, 0.2) is 0 Å². The summed E-state index contributed by atoms with van der Waals surface area (Å²) >= 11 is 0. The molecule has 1 fully saturated rings. The van der Waals surface area contributed by atoms with Crippen molar-refractivity contribution in [3.05, 3.63) is 0 Å². The van der Waals surface area contributed by atoms with E-state index in [1.807, 2.05) is 20.9 Å². The van der Waals surface area contributed by atoms with Crippen LogP contribution in [-0.2, 0) is 4.79 Å². The van der Waals surface area contributed by atoms with E-state index < -0.39 is 11.4 Å². The molecule has 82 valence electrons. The van der Waals surface area contributed by atoms with Crippen LogP contribution in [0.2, 0.25) is 0 Å². The highest BCUT2D eigenvalue weighted by Gasteiger charge is 2.43. The second-order valence-corrected chi connectivity index (χ2v) is 4.68. The van der Waals surface area contributed by atoms with Crippen molar-refractivity contribution in [1.82, 2.24) is 5.32 Å². The third kappa shape index (κ3) is 1.92. The van der Waals surface area contributed by atoms with E-state index in [0.717, 1.165) is 25.7 Å². The van der Waals surface area contributed by atoms with Crippen molar-refractivity contribution >= 4 is 5.97 Å². The summed E-state index contributed by atoms with van der Waals surface area (Å²) in [4.78, 5) is 11.3. The molecule has 0 spiro atoms. The molecule has 3 heteroatoms. The van der Waals surface area contributed by atoms with Crippen molar-refractivity contribution in [2.75, 3.05) is 7.05 Å². The van der Waals surface area contributed by atoms with Gasteiger partial charge in [0.1, 0.15) is 0 Å². The van der Waals surface area contributed by atoms with Gasteiger partial charge in [-0.1, -0.05) is 13.8 Å². The first-order valence-electron chi connectivity index (χ1n) is 5.43. The van der Waals surface area contributed by atoms with Gasteiger partial charge in [0.25, 0.3) is 0 Å². The second-order valence-electron chi connectivity index (χ2n) is 4.68. The zero-order chi connectivity index (χ0) is 10.8. The van der Waals surface area contributed by atoms with Gasteiger partial charge >= 0.3 is 5.97 Å². The first-order chi connectivity index (χ1) is 6.53. The molecule has 0 unspecified atom stereocenters. The van der Waals surface area contributed by atoms with Crippen molar-refractivity contribution in [3.8, 4) is 0 Å². The molecule has 0 amide bonds. The van der Waals surface area contributed by atoms with E-state index in [4.69, 9.17) is 0 Å². The molecule has 2 N–H and O–H groups in total. The highest BCUT2D eigenvalue weighted by molar-refractivity contribution is 5.75. The molecule has 0 aromatic heterocycles.